The average molecular weight is 124 g/mol. The van der Waals surface area contributed by atoms with Crippen molar-refractivity contribution in [1.29, 1.82) is 5.26 Å². The van der Waals surface area contributed by atoms with Crippen LogP contribution in [-0.4, -0.2) is 13.3 Å². The third-order valence-corrected chi connectivity index (χ3v) is 0. The summed E-state index contributed by atoms with van der Waals surface area (Å²) in [6.45, 7) is 0. The predicted molar refractivity (Wildman–Crippen MR) is 23.2 cm³/mol. The molecule has 0 aromatic heterocycles. The fraction of sp³-hybridized carbons (Fsp3) is 0. The van der Waals surface area contributed by atoms with Crippen molar-refractivity contribution in [2.24, 2.45) is 5.73 Å². The van der Waals surface area contributed by atoms with Gasteiger partial charge >= 0.3 is 0 Å². The van der Waals surface area contributed by atoms with Crippen molar-refractivity contribution in [1.82, 2.24) is 0 Å². The maximum absolute atomic E-state index is 8.67. The molecule has 0 saturated heterocycles. The average Bonchev–Trinajstić information content (AvgIpc) is 1.33. The van der Waals surface area contributed by atoms with Crippen molar-refractivity contribution >= 4 is 11.4 Å². The minimum Gasteiger partial charge on any atom is -0.337 e. The Bertz CT molecular complexity index is 81.4. The zero-order valence-electron chi connectivity index (χ0n) is 3.24. The van der Waals surface area contributed by atoms with Crippen molar-refractivity contribution < 1.29 is 13.3 Å². The smallest absolute Gasteiger partial charge is 0.299 e. The molecule has 0 amide bonds. The van der Waals surface area contributed by atoms with Gasteiger partial charge in [0.15, 0.2) is 6.19 Å². The van der Waals surface area contributed by atoms with Gasteiger partial charge in [0.1, 0.15) is 0 Å². The summed E-state index contributed by atoms with van der Waals surface area (Å²) >= 11 is -2.61. The number of rotatable bonds is 0. The van der Waals surface area contributed by atoms with Gasteiger partial charge in [-0.15, -0.1) is 0 Å². The van der Waals surface area contributed by atoms with Gasteiger partial charge in [-0.3, -0.25) is 9.11 Å². The number of hydrogen-bond acceptors (Lipinski definition) is 3. The van der Waals surface area contributed by atoms with Gasteiger partial charge in [-0.1, -0.05) is 0 Å². The van der Waals surface area contributed by atoms with Gasteiger partial charge in [-0.2, -0.15) is 9.47 Å². The first-order valence-corrected chi connectivity index (χ1v) is 2.11. The molecule has 0 fully saturated rings. The molecule has 42 valence electrons. The highest BCUT2D eigenvalue weighted by Crippen LogP contribution is 1.44. The second-order valence-electron chi connectivity index (χ2n) is 0.360. The molecule has 4 N–H and O–H groups in total. The second-order valence-corrected chi connectivity index (χ2v) is 0.821. The Balaban J connectivity index is 0. The lowest BCUT2D eigenvalue weighted by Crippen LogP contribution is -1.74. The van der Waals surface area contributed by atoms with Gasteiger partial charge in [-0.25, -0.2) is 0 Å². The molecule has 0 heterocycles. The molecule has 5 nitrogen and oxygen atoms in total. The molecular weight excluding hydrogens is 120 g/mol. The fourth-order valence-corrected chi connectivity index (χ4v) is 0. The van der Waals surface area contributed by atoms with E-state index in [9.17, 15) is 0 Å². The standard InChI is InChI=1S/CH2N2.H2O3S/c2-1-3;1-4(2)3/h2H2;(H2,1,2,3). The van der Waals surface area contributed by atoms with Gasteiger partial charge < -0.3 is 5.73 Å². The van der Waals surface area contributed by atoms with Crippen molar-refractivity contribution in [3.8, 4) is 6.19 Å². The highest BCUT2D eigenvalue weighted by Gasteiger charge is 1.62. The first kappa shape index (κ1) is 9.61. The predicted octanol–water partition coefficient (Wildman–Crippen LogP) is -0.893. The van der Waals surface area contributed by atoms with Gasteiger partial charge in [-0.05, 0) is 0 Å². The topological polar surface area (TPSA) is 107 Å². The fourth-order valence-electron chi connectivity index (χ4n) is 0. The SMILES string of the molecule is N#CN.O=S(O)O. The summed E-state index contributed by atoms with van der Waals surface area (Å²) in [7, 11) is 0. The van der Waals surface area contributed by atoms with Crippen LogP contribution in [0.5, 0.6) is 0 Å². The summed E-state index contributed by atoms with van der Waals surface area (Å²) in [6.07, 6.45) is 1.25. The van der Waals surface area contributed by atoms with E-state index < -0.39 is 11.4 Å². The van der Waals surface area contributed by atoms with Crippen LogP contribution in [-0.2, 0) is 11.4 Å². The zero-order valence-corrected chi connectivity index (χ0v) is 4.05. The normalized spacial score (nSPS) is 6.00. The summed E-state index contributed by atoms with van der Waals surface area (Å²) in [6, 6.07) is 0. The Kier molecular flexibility index (Phi) is 12.4. The monoisotopic (exact) mass is 124 g/mol. The molecule has 0 aromatic rings. The Morgan fingerprint density at radius 2 is 1.71 bits per heavy atom. The highest BCUT2D eigenvalue weighted by atomic mass is 32.2. The molecule has 0 bridgehead atoms. The first-order chi connectivity index (χ1) is 3.15. The van der Waals surface area contributed by atoms with E-state index in [4.69, 9.17) is 18.6 Å². The van der Waals surface area contributed by atoms with Crippen LogP contribution < -0.4 is 5.73 Å². The van der Waals surface area contributed by atoms with Crippen LogP contribution in [0.1, 0.15) is 0 Å². The maximum Gasteiger partial charge on any atom is 0.299 e. The van der Waals surface area contributed by atoms with Crippen molar-refractivity contribution in [2.75, 3.05) is 0 Å². The van der Waals surface area contributed by atoms with E-state index in [1.165, 1.54) is 6.19 Å². The number of nitrogens with zero attached hydrogens (tertiary/aromatic N) is 1. The molecule has 0 unspecified atom stereocenters. The van der Waals surface area contributed by atoms with Crippen molar-refractivity contribution in [2.45, 2.75) is 0 Å². The van der Waals surface area contributed by atoms with E-state index >= 15 is 0 Å². The molecule has 0 aliphatic rings. The van der Waals surface area contributed by atoms with Crippen LogP contribution in [0, 0.1) is 11.5 Å². The molecule has 0 rings (SSSR count). The Morgan fingerprint density at radius 1 is 1.71 bits per heavy atom. The molecule has 0 saturated carbocycles. The summed E-state index contributed by atoms with van der Waals surface area (Å²) in [5.74, 6) is 0. The largest absolute Gasteiger partial charge is 0.337 e. The third-order valence-electron chi connectivity index (χ3n) is 0. The van der Waals surface area contributed by atoms with Gasteiger partial charge in [0.25, 0.3) is 11.4 Å². The van der Waals surface area contributed by atoms with Crippen LogP contribution in [0.15, 0.2) is 0 Å². The molecule has 6 heteroatoms. The summed E-state index contributed by atoms with van der Waals surface area (Å²) in [5, 5.41) is 7.10. The zero-order chi connectivity index (χ0) is 6.28. The quantitative estimate of drug-likeness (QED) is 0.220. The Morgan fingerprint density at radius 3 is 1.71 bits per heavy atom. The third kappa shape index (κ3) is 148. The van der Waals surface area contributed by atoms with Crippen LogP contribution in [0.2, 0.25) is 0 Å². The molecule has 0 aliphatic heterocycles. The van der Waals surface area contributed by atoms with E-state index in [0.717, 1.165) is 0 Å². The van der Waals surface area contributed by atoms with Crippen LogP contribution in [0.4, 0.5) is 0 Å². The van der Waals surface area contributed by atoms with Crippen molar-refractivity contribution in [3.63, 3.8) is 0 Å². The van der Waals surface area contributed by atoms with Crippen LogP contribution in [0.25, 0.3) is 0 Å². The molecular formula is CH4N2O3S. The van der Waals surface area contributed by atoms with E-state index in [0.29, 0.717) is 0 Å². The summed E-state index contributed by atoms with van der Waals surface area (Å²) in [4.78, 5) is 0. The summed E-state index contributed by atoms with van der Waals surface area (Å²) in [5.41, 5.74) is 4.15. The second kappa shape index (κ2) is 9.03. The molecule has 0 radical (unpaired) electrons. The molecule has 0 aromatic carbocycles. The number of nitriles is 1. The van der Waals surface area contributed by atoms with E-state index in [1.807, 2.05) is 0 Å². The van der Waals surface area contributed by atoms with E-state index in [2.05, 4.69) is 5.73 Å². The van der Waals surface area contributed by atoms with Gasteiger partial charge in [0.2, 0.25) is 0 Å². The lowest BCUT2D eigenvalue weighted by atomic mass is 11.5. The van der Waals surface area contributed by atoms with Crippen LogP contribution >= 0.6 is 0 Å². The number of hydrogen-bond donors (Lipinski definition) is 3. The molecule has 7 heavy (non-hydrogen) atoms. The van der Waals surface area contributed by atoms with Gasteiger partial charge in [0.05, 0.1) is 0 Å². The van der Waals surface area contributed by atoms with E-state index in [-0.39, 0.29) is 0 Å². The lowest BCUT2D eigenvalue weighted by Gasteiger charge is -1.59. The first-order valence-electron chi connectivity index (χ1n) is 1.04. The Hall–Kier alpha value is -0.640. The number of nitrogens with two attached hydrogens (primary N) is 1. The lowest BCUT2D eigenvalue weighted by molar-refractivity contribution is 0.454. The van der Waals surface area contributed by atoms with E-state index in [1.54, 1.807) is 0 Å². The molecule has 0 aliphatic carbocycles. The minimum absolute atomic E-state index is 1.25. The van der Waals surface area contributed by atoms with Gasteiger partial charge in [0, 0.05) is 0 Å². The summed E-state index contributed by atoms with van der Waals surface area (Å²) < 4.78 is 22.8. The Labute approximate surface area is 42.9 Å². The maximum atomic E-state index is 8.67. The van der Waals surface area contributed by atoms with Crippen molar-refractivity contribution in [3.05, 3.63) is 0 Å². The van der Waals surface area contributed by atoms with Crippen LogP contribution in [0.3, 0.4) is 0 Å². The molecule has 0 spiro atoms. The highest BCUT2D eigenvalue weighted by molar-refractivity contribution is 7.73. The molecule has 0 atom stereocenters. The minimum atomic E-state index is -2.61.